The molecule has 2 amide bonds. The molecular formula is C27H28ClN3O4. The number of phenols is 1. The Kier molecular flexibility index (Phi) is 8.00. The number of hydrogen-bond acceptors (Lipinski definition) is 5. The van der Waals surface area contributed by atoms with Gasteiger partial charge in [-0.1, -0.05) is 61.2 Å². The van der Waals surface area contributed by atoms with Gasteiger partial charge < -0.3 is 15.1 Å². The largest absolute Gasteiger partial charge is 0.506 e. The monoisotopic (exact) mass is 493 g/mol. The summed E-state index contributed by atoms with van der Waals surface area (Å²) in [6, 6.07) is 15.5. The fourth-order valence-electron chi connectivity index (χ4n) is 4.60. The summed E-state index contributed by atoms with van der Waals surface area (Å²) in [5, 5.41) is 24.9. The van der Waals surface area contributed by atoms with Crippen LogP contribution in [0.4, 0.5) is 0 Å². The molecule has 8 heteroatoms. The number of nitrogens with zero attached hydrogens (tertiary/aromatic N) is 2. The number of halogens is 1. The van der Waals surface area contributed by atoms with Gasteiger partial charge in [-0.25, -0.2) is 5.43 Å². The van der Waals surface area contributed by atoms with Crippen molar-refractivity contribution in [2.24, 2.45) is 5.10 Å². The first-order valence-electron chi connectivity index (χ1n) is 11.7. The third kappa shape index (κ3) is 5.63. The summed E-state index contributed by atoms with van der Waals surface area (Å²) >= 11 is 5.87. The Morgan fingerprint density at radius 2 is 1.80 bits per heavy atom. The van der Waals surface area contributed by atoms with Gasteiger partial charge in [-0.15, -0.1) is 0 Å². The molecule has 4 rings (SSSR count). The topological polar surface area (TPSA) is 102 Å². The lowest BCUT2D eigenvalue weighted by molar-refractivity contribution is 0.0587. The highest BCUT2D eigenvalue weighted by Gasteiger charge is 2.27. The minimum atomic E-state index is -0.466. The number of hydrogen-bond donors (Lipinski definition) is 3. The summed E-state index contributed by atoms with van der Waals surface area (Å²) < 4.78 is 0. The molecule has 1 aliphatic carbocycles. The van der Waals surface area contributed by atoms with Crippen LogP contribution in [0.15, 0.2) is 59.7 Å². The molecule has 3 aromatic rings. The molecule has 0 atom stereocenters. The van der Waals surface area contributed by atoms with Crippen LogP contribution in [0.3, 0.4) is 0 Å². The van der Waals surface area contributed by atoms with Gasteiger partial charge in [-0.3, -0.25) is 9.59 Å². The number of hydrazone groups is 1. The molecule has 0 bridgehead atoms. The minimum absolute atomic E-state index is 0.0726. The van der Waals surface area contributed by atoms with Crippen LogP contribution in [0.5, 0.6) is 5.75 Å². The first kappa shape index (κ1) is 24.7. The zero-order chi connectivity index (χ0) is 24.8. The van der Waals surface area contributed by atoms with Gasteiger partial charge in [0.2, 0.25) is 0 Å². The molecule has 35 heavy (non-hydrogen) atoms. The average molecular weight is 494 g/mol. The maximum Gasteiger partial charge on any atom is 0.271 e. The molecular weight excluding hydrogens is 466 g/mol. The number of aliphatic hydroxyl groups excluding tert-OH is 1. The van der Waals surface area contributed by atoms with E-state index < -0.39 is 5.91 Å². The SMILES string of the molecule is O=C(NN=Cc1ccc(C(=O)N(CCO)C2CCCCC2)c2ccccc12)c1ccc(O)c(Cl)c1. The normalized spacial score (nSPS) is 14.3. The van der Waals surface area contributed by atoms with E-state index in [9.17, 15) is 19.8 Å². The zero-order valence-electron chi connectivity index (χ0n) is 19.3. The van der Waals surface area contributed by atoms with Gasteiger partial charge in [0.15, 0.2) is 0 Å². The molecule has 1 aliphatic rings. The van der Waals surface area contributed by atoms with Crippen molar-refractivity contribution in [1.29, 1.82) is 0 Å². The van der Waals surface area contributed by atoms with Crippen LogP contribution in [0.1, 0.15) is 58.4 Å². The number of benzene rings is 3. The Balaban J connectivity index is 1.58. The number of aliphatic hydroxyl groups is 1. The van der Waals surface area contributed by atoms with Crippen molar-refractivity contribution < 1.29 is 19.8 Å². The Bertz CT molecular complexity index is 1250. The first-order valence-corrected chi connectivity index (χ1v) is 12.1. The van der Waals surface area contributed by atoms with E-state index in [-0.39, 0.29) is 34.9 Å². The first-order chi connectivity index (χ1) is 17.0. The van der Waals surface area contributed by atoms with Crippen molar-refractivity contribution in [3.63, 3.8) is 0 Å². The minimum Gasteiger partial charge on any atom is -0.506 e. The molecule has 3 aromatic carbocycles. The van der Waals surface area contributed by atoms with Gasteiger partial charge >= 0.3 is 0 Å². The lowest BCUT2D eigenvalue weighted by atomic mass is 9.93. The molecule has 0 spiro atoms. The summed E-state index contributed by atoms with van der Waals surface area (Å²) in [5.74, 6) is -0.650. The number of phenolic OH excluding ortho intramolecular Hbond substituents is 1. The van der Waals surface area contributed by atoms with Gasteiger partial charge in [0, 0.05) is 29.3 Å². The van der Waals surface area contributed by atoms with Crippen molar-refractivity contribution in [3.05, 3.63) is 76.3 Å². The van der Waals surface area contributed by atoms with Gasteiger partial charge in [0.1, 0.15) is 5.75 Å². The third-order valence-corrected chi connectivity index (χ3v) is 6.69. The van der Waals surface area contributed by atoms with Crippen molar-refractivity contribution in [2.75, 3.05) is 13.2 Å². The van der Waals surface area contributed by atoms with E-state index in [1.54, 1.807) is 12.1 Å². The molecule has 3 N–H and O–H groups in total. The van der Waals surface area contributed by atoms with E-state index in [0.29, 0.717) is 12.1 Å². The van der Waals surface area contributed by atoms with E-state index in [1.807, 2.05) is 29.2 Å². The smallest absolute Gasteiger partial charge is 0.271 e. The third-order valence-electron chi connectivity index (χ3n) is 6.39. The fourth-order valence-corrected chi connectivity index (χ4v) is 4.78. The van der Waals surface area contributed by atoms with E-state index >= 15 is 0 Å². The highest BCUT2D eigenvalue weighted by atomic mass is 35.5. The summed E-state index contributed by atoms with van der Waals surface area (Å²) in [4.78, 5) is 27.7. The Labute approximate surface area is 209 Å². The van der Waals surface area contributed by atoms with E-state index in [2.05, 4.69) is 10.5 Å². The van der Waals surface area contributed by atoms with Crippen molar-refractivity contribution in [2.45, 2.75) is 38.1 Å². The number of aromatic hydroxyl groups is 1. The zero-order valence-corrected chi connectivity index (χ0v) is 20.0. The summed E-state index contributed by atoms with van der Waals surface area (Å²) in [5.41, 5.74) is 4.05. The van der Waals surface area contributed by atoms with E-state index in [1.165, 1.54) is 30.8 Å². The predicted molar refractivity (Wildman–Crippen MR) is 137 cm³/mol. The fraction of sp³-hybridized carbons (Fsp3) is 0.296. The van der Waals surface area contributed by atoms with Crippen LogP contribution in [0, 0.1) is 0 Å². The summed E-state index contributed by atoms with van der Waals surface area (Å²) in [6.07, 6.45) is 6.82. The molecule has 182 valence electrons. The highest BCUT2D eigenvalue weighted by molar-refractivity contribution is 6.32. The Hall–Kier alpha value is -3.42. The molecule has 0 heterocycles. The predicted octanol–water partition coefficient (Wildman–Crippen LogP) is 4.73. The molecule has 0 saturated heterocycles. The van der Waals surface area contributed by atoms with Crippen LogP contribution in [0.2, 0.25) is 5.02 Å². The second kappa shape index (κ2) is 11.3. The van der Waals surface area contributed by atoms with Gasteiger partial charge in [0.25, 0.3) is 11.8 Å². The second-order valence-electron chi connectivity index (χ2n) is 8.63. The van der Waals surface area contributed by atoms with Crippen LogP contribution < -0.4 is 5.43 Å². The number of rotatable bonds is 7. The number of amides is 2. The van der Waals surface area contributed by atoms with Gasteiger partial charge in [-0.05, 0) is 47.9 Å². The standard InChI is InChI=1S/C27H28ClN3O4/c28-24-16-18(11-13-25(24)33)26(34)30-29-17-19-10-12-23(22-9-5-4-8-21(19)22)27(35)31(14-15-32)20-6-2-1-3-7-20/h4-5,8-13,16-17,20,32-33H,1-3,6-7,14-15H2,(H,30,34). The number of nitrogens with one attached hydrogen (secondary N) is 1. The number of fused-ring (bicyclic) bond motifs is 1. The van der Waals surface area contributed by atoms with Crippen molar-refractivity contribution in [3.8, 4) is 5.75 Å². The van der Waals surface area contributed by atoms with Crippen LogP contribution in [-0.2, 0) is 0 Å². The molecule has 1 saturated carbocycles. The number of carbonyl (C=O) groups excluding carboxylic acids is 2. The van der Waals surface area contributed by atoms with Crippen LogP contribution >= 0.6 is 11.6 Å². The average Bonchev–Trinajstić information content (AvgIpc) is 2.89. The highest BCUT2D eigenvalue weighted by Crippen LogP contribution is 2.28. The molecule has 0 aromatic heterocycles. The molecule has 7 nitrogen and oxygen atoms in total. The van der Waals surface area contributed by atoms with Crippen molar-refractivity contribution >= 4 is 40.4 Å². The maximum absolute atomic E-state index is 13.6. The van der Waals surface area contributed by atoms with Gasteiger partial charge in [-0.2, -0.15) is 5.10 Å². The van der Waals surface area contributed by atoms with Crippen molar-refractivity contribution in [1.82, 2.24) is 10.3 Å². The van der Waals surface area contributed by atoms with Crippen LogP contribution in [-0.4, -0.2) is 52.3 Å². The molecule has 1 fully saturated rings. The Morgan fingerprint density at radius 1 is 1.06 bits per heavy atom. The number of carbonyl (C=O) groups is 2. The second-order valence-corrected chi connectivity index (χ2v) is 9.03. The quantitative estimate of drug-likeness (QED) is 0.327. The van der Waals surface area contributed by atoms with E-state index in [4.69, 9.17) is 11.6 Å². The summed E-state index contributed by atoms with van der Waals surface area (Å²) in [7, 11) is 0. The summed E-state index contributed by atoms with van der Waals surface area (Å²) in [6.45, 7) is 0.241. The Morgan fingerprint density at radius 3 is 2.51 bits per heavy atom. The molecule has 0 unspecified atom stereocenters. The van der Waals surface area contributed by atoms with E-state index in [0.717, 1.165) is 42.0 Å². The van der Waals surface area contributed by atoms with Gasteiger partial charge in [0.05, 0.1) is 17.8 Å². The molecule has 0 aliphatic heterocycles. The lowest BCUT2D eigenvalue weighted by Gasteiger charge is -2.34. The maximum atomic E-state index is 13.6. The lowest BCUT2D eigenvalue weighted by Crippen LogP contribution is -2.43. The van der Waals surface area contributed by atoms with Crippen LogP contribution in [0.25, 0.3) is 10.8 Å². The molecule has 0 radical (unpaired) electrons.